The first-order chi connectivity index (χ1) is 7.56. The van der Waals surface area contributed by atoms with Crippen LogP contribution in [0.3, 0.4) is 0 Å². The molecule has 16 heavy (non-hydrogen) atoms. The second-order valence-electron chi connectivity index (χ2n) is 2.81. The maximum absolute atomic E-state index is 11.5. The van der Waals surface area contributed by atoms with Crippen LogP contribution in [0.4, 0.5) is 5.69 Å². The Labute approximate surface area is 91.0 Å². The number of ketones is 1. The van der Waals surface area contributed by atoms with Gasteiger partial charge in [-0.1, -0.05) is 12.1 Å². The van der Waals surface area contributed by atoms with Gasteiger partial charge in [0.25, 0.3) is 5.69 Å². The Kier molecular flexibility index (Phi) is 3.71. The fraction of sp³-hybridized carbons (Fsp3) is 0.100. The van der Waals surface area contributed by atoms with Crippen molar-refractivity contribution in [2.75, 3.05) is 7.11 Å². The third-order valence-electron chi connectivity index (χ3n) is 1.82. The summed E-state index contributed by atoms with van der Waals surface area (Å²) in [5.74, 6) is -1.60. The summed E-state index contributed by atoms with van der Waals surface area (Å²) in [4.78, 5) is 32.2. The normalized spacial score (nSPS) is 9.56. The van der Waals surface area contributed by atoms with Gasteiger partial charge in [-0.15, -0.1) is 0 Å². The van der Waals surface area contributed by atoms with Gasteiger partial charge in [0.1, 0.15) is 6.42 Å². The highest BCUT2D eigenvalue weighted by atomic mass is 16.6. The molecule has 0 fully saturated rings. The standard InChI is InChI=1S/C10H8NO5/c1-16-10(13)6-9(12)7-4-2-3-5-8(7)11(14)15/h2-6H,1H3. The van der Waals surface area contributed by atoms with E-state index in [4.69, 9.17) is 0 Å². The summed E-state index contributed by atoms with van der Waals surface area (Å²) in [5.41, 5.74) is -0.481. The molecule has 6 nitrogen and oxygen atoms in total. The van der Waals surface area contributed by atoms with E-state index in [2.05, 4.69) is 4.74 Å². The Hall–Kier alpha value is -2.24. The lowest BCUT2D eigenvalue weighted by atomic mass is 10.1. The number of para-hydroxylation sites is 1. The van der Waals surface area contributed by atoms with Gasteiger partial charge in [0.2, 0.25) is 0 Å². The first kappa shape index (κ1) is 11.8. The molecule has 6 heteroatoms. The van der Waals surface area contributed by atoms with E-state index in [1.807, 2.05) is 0 Å². The van der Waals surface area contributed by atoms with Gasteiger partial charge in [0.05, 0.1) is 17.6 Å². The summed E-state index contributed by atoms with van der Waals surface area (Å²) in [6.07, 6.45) is 0.669. The van der Waals surface area contributed by atoms with Gasteiger partial charge in [-0.25, -0.2) is 0 Å². The van der Waals surface area contributed by atoms with E-state index in [-0.39, 0.29) is 11.3 Å². The number of hydrogen-bond acceptors (Lipinski definition) is 5. The Balaban J connectivity index is 2.99. The van der Waals surface area contributed by atoms with Crippen LogP contribution in [0.25, 0.3) is 0 Å². The number of Topliss-reactive ketones (excluding diaryl/α,β-unsaturated/α-hetero) is 1. The molecule has 0 aliphatic rings. The van der Waals surface area contributed by atoms with E-state index < -0.39 is 16.7 Å². The van der Waals surface area contributed by atoms with Gasteiger partial charge < -0.3 is 4.74 Å². The first-order valence-corrected chi connectivity index (χ1v) is 4.26. The van der Waals surface area contributed by atoms with E-state index in [0.717, 1.165) is 7.11 Å². The Morgan fingerprint density at radius 2 is 2.00 bits per heavy atom. The maximum Gasteiger partial charge on any atom is 0.317 e. The SMILES string of the molecule is COC(=O)[CH]C(=O)c1ccccc1[N+](=O)[O-]. The molecule has 0 N–H and O–H groups in total. The second-order valence-corrected chi connectivity index (χ2v) is 2.81. The highest BCUT2D eigenvalue weighted by molar-refractivity contribution is 6.17. The van der Waals surface area contributed by atoms with Crippen LogP contribution in [0.5, 0.6) is 0 Å². The molecule has 0 spiro atoms. The van der Waals surface area contributed by atoms with Gasteiger partial charge in [0.15, 0.2) is 5.78 Å². The molecule has 1 radical (unpaired) electrons. The number of rotatable bonds is 4. The van der Waals surface area contributed by atoms with E-state index in [0.29, 0.717) is 6.42 Å². The third-order valence-corrected chi connectivity index (χ3v) is 1.82. The molecular weight excluding hydrogens is 214 g/mol. The van der Waals surface area contributed by atoms with E-state index in [9.17, 15) is 19.7 Å². The molecule has 0 unspecified atom stereocenters. The Bertz CT molecular complexity index is 441. The summed E-state index contributed by atoms with van der Waals surface area (Å²) in [6, 6.07) is 5.39. The molecule has 0 aliphatic carbocycles. The highest BCUT2D eigenvalue weighted by Crippen LogP contribution is 2.18. The fourth-order valence-electron chi connectivity index (χ4n) is 1.08. The number of nitro groups is 1. The number of nitro benzene ring substituents is 1. The minimum atomic E-state index is -0.844. The van der Waals surface area contributed by atoms with Crippen molar-refractivity contribution in [2.24, 2.45) is 0 Å². The van der Waals surface area contributed by atoms with Crippen molar-refractivity contribution in [3.8, 4) is 0 Å². The van der Waals surface area contributed by atoms with Crippen molar-refractivity contribution in [1.29, 1.82) is 0 Å². The summed E-state index contributed by atoms with van der Waals surface area (Å²) in [6.45, 7) is 0. The molecule has 0 aliphatic heterocycles. The molecular formula is C10H8NO5. The Morgan fingerprint density at radius 3 is 2.56 bits per heavy atom. The molecule has 0 amide bonds. The van der Waals surface area contributed by atoms with Gasteiger partial charge >= 0.3 is 5.97 Å². The van der Waals surface area contributed by atoms with Gasteiger partial charge in [0, 0.05) is 6.07 Å². The van der Waals surface area contributed by atoms with E-state index in [1.165, 1.54) is 24.3 Å². The monoisotopic (exact) mass is 222 g/mol. The molecule has 1 aromatic carbocycles. The molecule has 0 atom stereocenters. The lowest BCUT2D eigenvalue weighted by molar-refractivity contribution is -0.385. The summed E-state index contributed by atoms with van der Waals surface area (Å²) in [5, 5.41) is 10.6. The zero-order valence-corrected chi connectivity index (χ0v) is 8.38. The maximum atomic E-state index is 11.5. The van der Waals surface area contributed by atoms with Crippen molar-refractivity contribution in [1.82, 2.24) is 0 Å². The number of benzene rings is 1. The van der Waals surface area contributed by atoms with Crippen LogP contribution in [-0.2, 0) is 9.53 Å². The summed E-state index contributed by atoms with van der Waals surface area (Å²) >= 11 is 0. The first-order valence-electron chi connectivity index (χ1n) is 4.26. The molecule has 0 aromatic heterocycles. The third kappa shape index (κ3) is 2.63. The van der Waals surface area contributed by atoms with Crippen molar-refractivity contribution in [3.05, 3.63) is 46.4 Å². The van der Waals surface area contributed by atoms with Crippen molar-refractivity contribution >= 4 is 17.4 Å². The average Bonchev–Trinajstić information content (AvgIpc) is 2.28. The minimum Gasteiger partial charge on any atom is -0.468 e. The van der Waals surface area contributed by atoms with Crippen LogP contribution in [0, 0.1) is 16.5 Å². The number of esters is 1. The van der Waals surface area contributed by atoms with Gasteiger partial charge in [-0.2, -0.15) is 0 Å². The van der Waals surface area contributed by atoms with Gasteiger partial charge in [-0.3, -0.25) is 19.7 Å². The number of nitrogens with zero attached hydrogens (tertiary/aromatic N) is 1. The fourth-order valence-corrected chi connectivity index (χ4v) is 1.08. The zero-order valence-electron chi connectivity index (χ0n) is 8.38. The van der Waals surface area contributed by atoms with Crippen LogP contribution < -0.4 is 0 Å². The van der Waals surface area contributed by atoms with Crippen molar-refractivity contribution < 1.29 is 19.2 Å². The summed E-state index contributed by atoms with van der Waals surface area (Å²) in [7, 11) is 1.12. The molecule has 0 heterocycles. The Morgan fingerprint density at radius 1 is 1.38 bits per heavy atom. The number of carbonyl (C=O) groups is 2. The number of ether oxygens (including phenoxy) is 1. The zero-order chi connectivity index (χ0) is 12.1. The van der Waals surface area contributed by atoms with Crippen LogP contribution in [0.2, 0.25) is 0 Å². The molecule has 1 rings (SSSR count). The summed E-state index contributed by atoms with van der Waals surface area (Å²) < 4.78 is 4.26. The highest BCUT2D eigenvalue weighted by Gasteiger charge is 2.21. The number of methoxy groups -OCH3 is 1. The minimum absolute atomic E-state index is 0.141. The van der Waals surface area contributed by atoms with E-state index >= 15 is 0 Å². The van der Waals surface area contributed by atoms with Crippen LogP contribution >= 0.6 is 0 Å². The van der Waals surface area contributed by atoms with Crippen molar-refractivity contribution in [3.63, 3.8) is 0 Å². The largest absolute Gasteiger partial charge is 0.468 e. The quantitative estimate of drug-likeness (QED) is 0.251. The van der Waals surface area contributed by atoms with Crippen LogP contribution in [0.1, 0.15) is 10.4 Å². The molecule has 1 aromatic rings. The lowest BCUT2D eigenvalue weighted by Gasteiger charge is -2.00. The van der Waals surface area contributed by atoms with Crippen LogP contribution in [-0.4, -0.2) is 23.8 Å². The van der Waals surface area contributed by atoms with E-state index in [1.54, 1.807) is 0 Å². The molecule has 0 saturated heterocycles. The molecule has 0 saturated carbocycles. The average molecular weight is 222 g/mol. The van der Waals surface area contributed by atoms with Crippen molar-refractivity contribution in [2.45, 2.75) is 0 Å². The predicted molar refractivity (Wildman–Crippen MR) is 53.7 cm³/mol. The topological polar surface area (TPSA) is 86.5 Å². The molecule has 83 valence electrons. The smallest absolute Gasteiger partial charge is 0.317 e. The lowest BCUT2D eigenvalue weighted by Crippen LogP contribution is -2.12. The number of hydrogen-bond donors (Lipinski definition) is 0. The predicted octanol–water partition coefficient (Wildman–Crippen LogP) is 1.15. The second kappa shape index (κ2) is 5.01. The molecule has 0 bridgehead atoms. The number of carbonyl (C=O) groups excluding carboxylic acids is 2. The van der Waals surface area contributed by atoms with Gasteiger partial charge in [-0.05, 0) is 6.07 Å². The van der Waals surface area contributed by atoms with Crippen LogP contribution in [0.15, 0.2) is 24.3 Å².